The Bertz CT molecular complexity index is 1010. The molecule has 0 saturated carbocycles. The highest BCUT2D eigenvalue weighted by Gasteiger charge is 2.23. The maximum absolute atomic E-state index is 12.9. The Balaban J connectivity index is 4.85. The van der Waals surface area contributed by atoms with Crippen molar-refractivity contribution in [2.75, 3.05) is 34.1 Å². The van der Waals surface area contributed by atoms with Gasteiger partial charge in [0.15, 0.2) is 6.10 Å². The number of ether oxygens (including phenoxy) is 2. The number of hydrogen-bond donors (Lipinski definition) is 0. The van der Waals surface area contributed by atoms with Gasteiger partial charge in [-0.05, 0) is 64.2 Å². The molecule has 5 nitrogen and oxygen atoms in total. The quantitative estimate of drug-likeness (QED) is 0.0291. The van der Waals surface area contributed by atoms with E-state index in [9.17, 15) is 9.59 Å². The number of esters is 2. The molecule has 276 valence electrons. The number of carbonyl (C=O) groups is 2. The average Bonchev–Trinajstić information content (AvgIpc) is 3.11. The Morgan fingerprint density at radius 1 is 0.532 bits per heavy atom. The summed E-state index contributed by atoms with van der Waals surface area (Å²) in [6, 6.07) is 0. The van der Waals surface area contributed by atoms with Crippen LogP contribution >= 0.6 is 0 Å². The molecule has 0 aromatic heterocycles. The normalized spacial score (nSPS) is 16.3. The fraction of sp³-hybridized carbons (Fsp3) is 0.857. The van der Waals surface area contributed by atoms with Crippen LogP contribution in [0, 0.1) is 0 Å². The second-order valence-corrected chi connectivity index (χ2v) is 13.5. The minimum absolute atomic E-state index is 0.00712. The maximum atomic E-state index is 12.9. The Morgan fingerprint density at radius 2 is 0.894 bits per heavy atom. The Kier molecular flexibility index (Phi) is 22.9. The van der Waals surface area contributed by atoms with E-state index >= 15 is 0 Å². The van der Waals surface area contributed by atoms with Crippen molar-refractivity contribution in [3.63, 3.8) is 0 Å². The molecule has 0 rings (SSSR count). The molecular weight excluding hydrogens is 582 g/mol. The van der Waals surface area contributed by atoms with Crippen LogP contribution in [0.25, 0.3) is 0 Å². The summed E-state index contributed by atoms with van der Waals surface area (Å²) in [7, 11) is 0. The lowest BCUT2D eigenvalue weighted by molar-refractivity contribution is -0.873. The summed E-state index contributed by atoms with van der Waals surface area (Å²) in [5.74, 6) is -1.32. The van der Waals surface area contributed by atoms with E-state index in [-0.39, 0.29) is 12.8 Å². The Morgan fingerprint density at radius 3 is 1.30 bits per heavy atom. The monoisotopic (exact) mass is 672 g/mol. The summed E-state index contributed by atoms with van der Waals surface area (Å²) in [5, 5.41) is 0. The van der Waals surface area contributed by atoms with Gasteiger partial charge < -0.3 is 14.0 Å². The van der Waals surface area contributed by atoms with Gasteiger partial charge in [-0.1, -0.05) is 141 Å². The summed E-state index contributed by atoms with van der Waals surface area (Å²) >= 11 is 0. The molecule has 0 aromatic rings. The number of hydrogen-bond acceptors (Lipinski definition) is 4. The molecule has 0 aliphatic carbocycles. The second kappa shape index (κ2) is 34.3. The third-order valence-corrected chi connectivity index (χ3v) is 8.49. The molecule has 0 aliphatic rings. The first kappa shape index (κ1) is 31.4. The van der Waals surface area contributed by atoms with Crippen LogP contribution in [-0.2, 0) is 19.1 Å². The van der Waals surface area contributed by atoms with Crippen molar-refractivity contribution in [2.45, 2.75) is 200 Å². The third-order valence-electron chi connectivity index (χ3n) is 8.49. The number of nitrogens with zero attached hydrogens (tertiary/aromatic N) is 1. The highest BCUT2D eigenvalue weighted by atomic mass is 16.6. The molecule has 1 atom stereocenters. The number of rotatable bonds is 35. The fourth-order valence-electron chi connectivity index (χ4n) is 5.61. The fourth-order valence-corrected chi connectivity index (χ4v) is 5.61. The highest BCUT2D eigenvalue weighted by Crippen LogP contribution is 2.13. The molecule has 47 heavy (non-hydrogen) atoms. The minimum atomic E-state index is -3.52. The molecule has 0 saturated heterocycles. The van der Waals surface area contributed by atoms with E-state index in [4.69, 9.17) is 21.8 Å². The van der Waals surface area contributed by atoms with Gasteiger partial charge in [0.25, 0.3) is 0 Å². The zero-order valence-electron chi connectivity index (χ0n) is 39.7. The lowest BCUT2D eigenvalue weighted by Crippen LogP contribution is -2.45. The van der Waals surface area contributed by atoms with E-state index < -0.39 is 56.6 Å². The predicted molar refractivity (Wildman–Crippen MR) is 203 cm³/mol. The topological polar surface area (TPSA) is 52.6 Å². The number of carbonyl (C=O) groups excluding carboxylic acids is 2. The summed E-state index contributed by atoms with van der Waals surface area (Å²) in [4.78, 5) is 25.5. The van der Waals surface area contributed by atoms with Crippen LogP contribution < -0.4 is 0 Å². The van der Waals surface area contributed by atoms with Crippen molar-refractivity contribution in [1.82, 2.24) is 0 Å². The van der Waals surface area contributed by atoms with Crippen molar-refractivity contribution >= 4 is 11.9 Å². The molecular formula is C42H80NO4+. The number of unbranched alkanes of at least 4 members (excludes halogenated alkanes) is 22. The summed E-state index contributed by atoms with van der Waals surface area (Å²) in [5.41, 5.74) is 0. The van der Waals surface area contributed by atoms with Gasteiger partial charge in [0, 0.05) is 12.8 Å². The molecule has 0 aromatic carbocycles. The Hall–Kier alpha value is -1.62. The molecule has 0 spiro atoms. The van der Waals surface area contributed by atoms with Crippen LogP contribution in [0.3, 0.4) is 0 Å². The number of likely N-dealkylation sites (N-methyl/N-ethyl adjacent to an activating group) is 1. The van der Waals surface area contributed by atoms with Crippen LogP contribution in [0.5, 0.6) is 0 Å². The molecule has 5 heteroatoms. The maximum Gasteiger partial charge on any atom is 0.306 e. The summed E-state index contributed by atoms with van der Waals surface area (Å²) in [6.45, 7) is -7.82. The van der Waals surface area contributed by atoms with Gasteiger partial charge in [0.05, 0.1) is 33.3 Å². The molecule has 0 aliphatic heterocycles. The third kappa shape index (κ3) is 37.1. The van der Waals surface area contributed by atoms with E-state index in [1.165, 1.54) is 77.0 Å². The van der Waals surface area contributed by atoms with Gasteiger partial charge in [-0.2, -0.15) is 0 Å². The first-order chi connectivity index (χ1) is 26.5. The summed E-state index contributed by atoms with van der Waals surface area (Å²) in [6.07, 6.45) is 36.1. The van der Waals surface area contributed by atoms with E-state index in [1.54, 1.807) is 0 Å². The minimum Gasteiger partial charge on any atom is -0.461 e. The number of allylic oxidation sites excluding steroid dienone is 4. The highest BCUT2D eigenvalue weighted by molar-refractivity contribution is 5.70. The smallest absolute Gasteiger partial charge is 0.306 e. The largest absolute Gasteiger partial charge is 0.461 e. The standard InChI is InChI=1S/C42H80NO4/c1-6-8-10-12-14-16-18-20-22-24-26-28-30-32-34-36-41(44)46-39-40(38-43(3,4)5)47-42(45)37-35-33-31-29-27-25-23-21-19-17-15-13-11-9-7-2/h20-23,40H,6-19,24-39H2,1-5H3/q+1/b22-20-,23-21-/i3D3,4D3,5D3. The van der Waals surface area contributed by atoms with Crippen LogP contribution in [0.4, 0.5) is 0 Å². The predicted octanol–water partition coefficient (Wildman–Crippen LogP) is 12.2. The number of quaternary nitrogens is 1. The SMILES string of the molecule is [2H]C([2H])([2H])[N+](CC(COC(=O)CCCCCCC/C=C\CCCCCCCC)OC(=O)CCCCCCC/C=C\CCCCCCCC)(C([2H])([2H])[2H])C([2H])([2H])[2H]. The molecule has 0 heterocycles. The molecule has 0 fully saturated rings. The van der Waals surface area contributed by atoms with Crippen molar-refractivity contribution < 1.29 is 35.9 Å². The lowest BCUT2D eigenvalue weighted by atomic mass is 10.1. The second-order valence-electron chi connectivity index (χ2n) is 13.5. The molecule has 0 N–H and O–H groups in total. The zero-order valence-corrected chi connectivity index (χ0v) is 30.7. The summed E-state index contributed by atoms with van der Waals surface area (Å²) < 4.78 is 80.4. The van der Waals surface area contributed by atoms with Crippen molar-refractivity contribution in [1.29, 1.82) is 0 Å². The zero-order chi connectivity index (χ0) is 42.2. The average molecular weight is 672 g/mol. The van der Waals surface area contributed by atoms with E-state index in [2.05, 4.69) is 38.2 Å². The van der Waals surface area contributed by atoms with Crippen LogP contribution in [0.1, 0.15) is 206 Å². The van der Waals surface area contributed by atoms with Crippen molar-refractivity contribution in [3.8, 4) is 0 Å². The van der Waals surface area contributed by atoms with Crippen molar-refractivity contribution in [2.24, 2.45) is 0 Å². The van der Waals surface area contributed by atoms with Crippen LogP contribution in [0.2, 0.25) is 0 Å². The van der Waals surface area contributed by atoms with E-state index in [0.717, 1.165) is 77.0 Å². The van der Waals surface area contributed by atoms with Crippen molar-refractivity contribution in [3.05, 3.63) is 24.3 Å². The van der Waals surface area contributed by atoms with Gasteiger partial charge in [-0.15, -0.1) is 0 Å². The first-order valence-corrected chi connectivity index (χ1v) is 19.6. The van der Waals surface area contributed by atoms with Gasteiger partial charge in [-0.25, -0.2) is 0 Å². The van der Waals surface area contributed by atoms with E-state index in [1.807, 2.05) is 0 Å². The van der Waals surface area contributed by atoms with Gasteiger partial charge >= 0.3 is 11.9 Å². The van der Waals surface area contributed by atoms with E-state index in [0.29, 0.717) is 12.8 Å². The molecule has 0 bridgehead atoms. The van der Waals surface area contributed by atoms with Gasteiger partial charge in [0.1, 0.15) is 13.2 Å². The van der Waals surface area contributed by atoms with Gasteiger partial charge in [0.2, 0.25) is 0 Å². The Labute approximate surface area is 305 Å². The molecule has 0 radical (unpaired) electrons. The molecule has 1 unspecified atom stereocenters. The first-order valence-electron chi connectivity index (χ1n) is 24.1. The lowest BCUT2D eigenvalue weighted by Gasteiger charge is -2.28. The van der Waals surface area contributed by atoms with Crippen LogP contribution in [0.15, 0.2) is 24.3 Å². The van der Waals surface area contributed by atoms with Gasteiger partial charge in [-0.3, -0.25) is 9.59 Å². The van der Waals surface area contributed by atoms with Crippen LogP contribution in [-0.4, -0.2) is 56.6 Å². The molecule has 0 amide bonds.